The molecule has 0 saturated heterocycles. The molecule has 1 heteroatoms. The molecular formula is C20H25N. The summed E-state index contributed by atoms with van der Waals surface area (Å²) in [6.45, 7) is 5.42. The van der Waals surface area contributed by atoms with Crippen LogP contribution in [0, 0.1) is 6.92 Å². The van der Waals surface area contributed by atoms with Gasteiger partial charge >= 0.3 is 0 Å². The minimum absolute atomic E-state index is 1.00. The highest BCUT2D eigenvalue weighted by molar-refractivity contribution is 5.82. The summed E-state index contributed by atoms with van der Waals surface area (Å²) >= 11 is 0. The molecule has 0 amide bonds. The van der Waals surface area contributed by atoms with Crippen LogP contribution in [0.3, 0.4) is 0 Å². The van der Waals surface area contributed by atoms with Gasteiger partial charge in [0.15, 0.2) is 0 Å². The van der Waals surface area contributed by atoms with Gasteiger partial charge in [0.1, 0.15) is 0 Å². The predicted octanol–water partition coefficient (Wildman–Crippen LogP) is 4.60. The number of hydrogen-bond donors (Lipinski definition) is 1. The molecule has 21 heavy (non-hydrogen) atoms. The molecule has 0 unspecified atom stereocenters. The van der Waals surface area contributed by atoms with Crippen molar-refractivity contribution >= 4 is 5.57 Å². The Morgan fingerprint density at radius 3 is 2.33 bits per heavy atom. The molecule has 0 aromatic heterocycles. The summed E-state index contributed by atoms with van der Waals surface area (Å²) in [5, 5.41) is 3.22. The van der Waals surface area contributed by atoms with Crippen molar-refractivity contribution < 1.29 is 0 Å². The molecule has 110 valence electrons. The Hall–Kier alpha value is -1.86. The van der Waals surface area contributed by atoms with E-state index < -0.39 is 0 Å². The average Bonchev–Trinajstić information content (AvgIpc) is 2.53. The molecule has 0 spiro atoms. The van der Waals surface area contributed by atoms with Gasteiger partial charge in [0, 0.05) is 0 Å². The molecule has 2 rings (SSSR count). The fraction of sp³-hybridized carbons (Fsp3) is 0.300. The molecule has 2 aromatic rings. The zero-order chi connectivity index (χ0) is 15.1. The van der Waals surface area contributed by atoms with Gasteiger partial charge in [-0.1, -0.05) is 61.5 Å². The van der Waals surface area contributed by atoms with Gasteiger partial charge in [-0.25, -0.2) is 0 Å². The van der Waals surface area contributed by atoms with E-state index >= 15 is 0 Å². The van der Waals surface area contributed by atoms with Crippen molar-refractivity contribution in [2.75, 3.05) is 13.6 Å². The summed E-state index contributed by atoms with van der Waals surface area (Å²) in [6, 6.07) is 17.4. The van der Waals surface area contributed by atoms with E-state index in [0.29, 0.717) is 0 Å². The second-order valence-corrected chi connectivity index (χ2v) is 5.34. The van der Waals surface area contributed by atoms with Crippen molar-refractivity contribution in [1.82, 2.24) is 5.32 Å². The lowest BCUT2D eigenvalue weighted by Crippen LogP contribution is -2.06. The standard InChI is InChI=1S/C20H25N/c1-4-17-11-6-8-13-19(17)20(14-9-15-21-3)18-12-7-5-10-16(18)2/h5-8,10-14,21H,4,9,15H2,1-3H3/b20-14+. The smallest absolute Gasteiger partial charge is 0.00169 e. The molecule has 2 aromatic carbocycles. The third-order valence-corrected chi connectivity index (χ3v) is 3.87. The third-order valence-electron chi connectivity index (χ3n) is 3.87. The first-order valence-corrected chi connectivity index (χ1v) is 7.77. The highest BCUT2D eigenvalue weighted by atomic mass is 14.8. The van der Waals surface area contributed by atoms with E-state index in [1.54, 1.807) is 0 Å². The maximum atomic E-state index is 3.22. The molecule has 0 aliphatic heterocycles. The first-order chi connectivity index (χ1) is 10.3. The Morgan fingerprint density at radius 2 is 1.67 bits per heavy atom. The van der Waals surface area contributed by atoms with Gasteiger partial charge in [0.25, 0.3) is 0 Å². The van der Waals surface area contributed by atoms with Crippen LogP contribution in [0.4, 0.5) is 0 Å². The van der Waals surface area contributed by atoms with Crippen LogP contribution in [-0.2, 0) is 6.42 Å². The molecule has 1 N–H and O–H groups in total. The minimum atomic E-state index is 1.00. The summed E-state index contributed by atoms with van der Waals surface area (Å²) in [5.74, 6) is 0. The lowest BCUT2D eigenvalue weighted by atomic mass is 9.90. The molecule has 0 heterocycles. The van der Waals surface area contributed by atoms with E-state index in [9.17, 15) is 0 Å². The number of rotatable bonds is 6. The molecule has 0 bridgehead atoms. The highest BCUT2D eigenvalue weighted by Gasteiger charge is 2.10. The first-order valence-electron chi connectivity index (χ1n) is 7.77. The van der Waals surface area contributed by atoms with Crippen LogP contribution < -0.4 is 5.32 Å². The Morgan fingerprint density at radius 1 is 1.00 bits per heavy atom. The molecule has 0 aliphatic rings. The van der Waals surface area contributed by atoms with Gasteiger partial charge in [0.05, 0.1) is 0 Å². The second kappa shape index (κ2) is 7.80. The Labute approximate surface area is 128 Å². The predicted molar refractivity (Wildman–Crippen MR) is 92.6 cm³/mol. The first kappa shape index (κ1) is 15.5. The van der Waals surface area contributed by atoms with Crippen molar-refractivity contribution in [2.45, 2.75) is 26.7 Å². The van der Waals surface area contributed by atoms with Crippen molar-refractivity contribution in [2.24, 2.45) is 0 Å². The van der Waals surface area contributed by atoms with Crippen LogP contribution in [0.15, 0.2) is 54.6 Å². The van der Waals surface area contributed by atoms with Gasteiger partial charge in [-0.3, -0.25) is 0 Å². The number of hydrogen-bond acceptors (Lipinski definition) is 1. The van der Waals surface area contributed by atoms with Crippen LogP contribution in [-0.4, -0.2) is 13.6 Å². The van der Waals surface area contributed by atoms with Gasteiger partial charge < -0.3 is 5.32 Å². The summed E-state index contributed by atoms with van der Waals surface area (Å²) in [5.41, 5.74) is 6.82. The molecule has 0 fully saturated rings. The topological polar surface area (TPSA) is 12.0 Å². The largest absolute Gasteiger partial charge is 0.319 e. The van der Waals surface area contributed by atoms with Crippen molar-refractivity contribution in [3.8, 4) is 0 Å². The van der Waals surface area contributed by atoms with Crippen molar-refractivity contribution in [3.05, 3.63) is 76.9 Å². The van der Waals surface area contributed by atoms with Gasteiger partial charge in [-0.15, -0.1) is 0 Å². The fourth-order valence-corrected chi connectivity index (χ4v) is 2.69. The van der Waals surface area contributed by atoms with E-state index in [4.69, 9.17) is 0 Å². The normalized spacial score (nSPS) is 11.7. The summed E-state index contributed by atoms with van der Waals surface area (Å²) in [6.07, 6.45) is 4.47. The summed E-state index contributed by atoms with van der Waals surface area (Å²) < 4.78 is 0. The highest BCUT2D eigenvalue weighted by Crippen LogP contribution is 2.29. The zero-order valence-corrected chi connectivity index (χ0v) is 13.3. The van der Waals surface area contributed by atoms with E-state index in [1.165, 1.54) is 27.8 Å². The Balaban J connectivity index is 2.51. The van der Waals surface area contributed by atoms with Gasteiger partial charge in [0.2, 0.25) is 0 Å². The van der Waals surface area contributed by atoms with Gasteiger partial charge in [-0.05, 0) is 61.2 Å². The quantitative estimate of drug-likeness (QED) is 0.762. The molecule has 1 nitrogen and oxygen atoms in total. The molecular weight excluding hydrogens is 254 g/mol. The van der Waals surface area contributed by atoms with Gasteiger partial charge in [-0.2, -0.15) is 0 Å². The van der Waals surface area contributed by atoms with Crippen LogP contribution in [0.1, 0.15) is 35.6 Å². The van der Waals surface area contributed by atoms with Crippen molar-refractivity contribution in [1.29, 1.82) is 0 Å². The SMILES string of the molecule is CCc1ccccc1/C(=C/CCNC)c1ccccc1C. The summed E-state index contributed by atoms with van der Waals surface area (Å²) in [4.78, 5) is 0. The zero-order valence-electron chi connectivity index (χ0n) is 13.3. The summed E-state index contributed by atoms with van der Waals surface area (Å²) in [7, 11) is 2.00. The van der Waals surface area contributed by atoms with E-state index in [-0.39, 0.29) is 0 Å². The van der Waals surface area contributed by atoms with Crippen LogP contribution in [0.2, 0.25) is 0 Å². The Kier molecular flexibility index (Phi) is 5.77. The van der Waals surface area contributed by atoms with Crippen LogP contribution in [0.5, 0.6) is 0 Å². The molecule has 0 saturated carbocycles. The van der Waals surface area contributed by atoms with E-state index in [1.807, 2.05) is 7.05 Å². The number of benzene rings is 2. The monoisotopic (exact) mass is 279 g/mol. The van der Waals surface area contributed by atoms with Crippen LogP contribution in [0.25, 0.3) is 5.57 Å². The lowest BCUT2D eigenvalue weighted by molar-refractivity contribution is 0.808. The molecule has 0 aliphatic carbocycles. The van der Waals surface area contributed by atoms with Crippen LogP contribution >= 0.6 is 0 Å². The maximum Gasteiger partial charge on any atom is -0.00169 e. The lowest BCUT2D eigenvalue weighted by Gasteiger charge is -2.15. The number of aryl methyl sites for hydroxylation is 2. The minimum Gasteiger partial charge on any atom is -0.319 e. The number of nitrogens with one attached hydrogen (secondary N) is 1. The average molecular weight is 279 g/mol. The third kappa shape index (κ3) is 3.83. The van der Waals surface area contributed by atoms with E-state index in [0.717, 1.165) is 19.4 Å². The molecule has 0 radical (unpaired) electrons. The van der Waals surface area contributed by atoms with Crippen molar-refractivity contribution in [3.63, 3.8) is 0 Å². The maximum absolute atomic E-state index is 3.22. The molecule has 0 atom stereocenters. The Bertz CT molecular complexity index is 611. The second-order valence-electron chi connectivity index (χ2n) is 5.34. The van der Waals surface area contributed by atoms with E-state index in [2.05, 4.69) is 73.8 Å². The fourth-order valence-electron chi connectivity index (χ4n) is 2.69.